The fraction of sp³-hybridized carbons (Fsp3) is 0.244. The van der Waals surface area contributed by atoms with E-state index in [1.54, 1.807) is 36.4 Å². The molecule has 0 saturated heterocycles. The van der Waals surface area contributed by atoms with E-state index in [2.05, 4.69) is 26.6 Å². The lowest BCUT2D eigenvalue weighted by atomic mass is 9.99. The van der Waals surface area contributed by atoms with Gasteiger partial charge in [0.2, 0.25) is 23.6 Å². The predicted octanol–water partition coefficient (Wildman–Crippen LogP) is 3.31. The summed E-state index contributed by atoms with van der Waals surface area (Å²) in [4.78, 5) is 81.8. The van der Waals surface area contributed by atoms with E-state index in [0.717, 1.165) is 16.0 Å². The maximum Gasteiger partial charge on any atom is 0.305 e. The van der Waals surface area contributed by atoms with E-state index < -0.39 is 66.3 Å². The van der Waals surface area contributed by atoms with E-state index in [1.165, 1.54) is 23.5 Å². The van der Waals surface area contributed by atoms with Gasteiger partial charge in [0, 0.05) is 37.1 Å². The van der Waals surface area contributed by atoms with Crippen LogP contribution in [0.3, 0.4) is 0 Å². The first-order valence-corrected chi connectivity index (χ1v) is 20.2. The van der Waals surface area contributed by atoms with Crippen molar-refractivity contribution in [2.75, 3.05) is 13.2 Å². The lowest BCUT2D eigenvalue weighted by molar-refractivity contribution is -0.137. The molecule has 4 aromatic carbocycles. The largest absolute Gasteiger partial charge is 0.508 e. The van der Waals surface area contributed by atoms with Crippen molar-refractivity contribution in [2.24, 2.45) is 0 Å². The lowest BCUT2D eigenvalue weighted by Gasteiger charge is -2.27. The van der Waals surface area contributed by atoms with E-state index in [1.807, 2.05) is 72.1 Å². The van der Waals surface area contributed by atoms with Crippen molar-refractivity contribution in [3.63, 3.8) is 0 Å². The normalized spacial score (nSPS) is 18.9. The Morgan fingerprint density at radius 2 is 1.25 bits per heavy atom. The molecule has 0 spiro atoms. The van der Waals surface area contributed by atoms with Crippen LogP contribution in [-0.2, 0) is 54.5 Å². The van der Waals surface area contributed by atoms with Gasteiger partial charge >= 0.3 is 5.97 Å². The van der Waals surface area contributed by atoms with Crippen LogP contribution in [0.4, 0.5) is 0 Å². The molecule has 0 fully saturated rings. The van der Waals surface area contributed by atoms with Crippen LogP contribution in [0.2, 0.25) is 0 Å². The number of carboxylic acids is 1. The smallest absolute Gasteiger partial charge is 0.305 e. The van der Waals surface area contributed by atoms with Gasteiger partial charge in [0.1, 0.15) is 35.7 Å². The molecule has 310 valence electrons. The summed E-state index contributed by atoms with van der Waals surface area (Å²) in [5, 5.41) is 34.7. The second-order valence-electron chi connectivity index (χ2n) is 14.3. The third kappa shape index (κ3) is 12.5. The third-order valence-corrected chi connectivity index (χ3v) is 10.7. The number of rotatable bonds is 11. The Kier molecular flexibility index (Phi) is 14.6. The number of carbonyl (C=O) groups excluding carboxylic acids is 5. The number of benzene rings is 4. The molecule has 60 heavy (non-hydrogen) atoms. The molecule has 7 rings (SSSR count). The number of aliphatic carboxylic acids is 1. The maximum absolute atomic E-state index is 14.5. The first-order chi connectivity index (χ1) is 29.0. The summed E-state index contributed by atoms with van der Waals surface area (Å²) in [6.07, 6.45) is -0.298. The van der Waals surface area contributed by atoms with Gasteiger partial charge in [-0.15, -0.1) is 11.3 Å². The zero-order chi connectivity index (χ0) is 42.4. The van der Waals surface area contributed by atoms with Gasteiger partial charge in [-0.05, 0) is 63.5 Å². The molecular formula is C45H45N5O9S. The monoisotopic (exact) mass is 831 g/mol. The number of amides is 5. The van der Waals surface area contributed by atoms with Gasteiger partial charge in [0.15, 0.2) is 6.61 Å². The van der Waals surface area contributed by atoms with E-state index in [9.17, 15) is 33.9 Å². The molecule has 0 saturated carbocycles. The lowest BCUT2D eigenvalue weighted by Crippen LogP contribution is -2.59. The van der Waals surface area contributed by atoms with Gasteiger partial charge in [-0.25, -0.2) is 0 Å². The van der Waals surface area contributed by atoms with Crippen molar-refractivity contribution >= 4 is 46.8 Å². The quantitative estimate of drug-likeness (QED) is 0.0973. The summed E-state index contributed by atoms with van der Waals surface area (Å²) >= 11 is 1.41. The number of fused-ring (bicyclic) bond motifs is 16. The van der Waals surface area contributed by atoms with E-state index in [0.29, 0.717) is 22.4 Å². The molecule has 4 atom stereocenters. The number of phenolic OH excluding ortho intramolecular Hbond substituents is 1. The highest BCUT2D eigenvalue weighted by Gasteiger charge is 2.32. The number of carbonyl (C=O) groups is 6. The molecule has 2 bridgehead atoms. The summed E-state index contributed by atoms with van der Waals surface area (Å²) < 4.78 is 5.73. The van der Waals surface area contributed by atoms with Crippen molar-refractivity contribution in [2.45, 2.75) is 56.3 Å². The number of aromatic hydroxyl groups is 1. The minimum atomic E-state index is -1.30. The molecule has 7 N–H and O–H groups in total. The van der Waals surface area contributed by atoms with Crippen molar-refractivity contribution in [3.8, 4) is 22.6 Å². The van der Waals surface area contributed by atoms with Gasteiger partial charge < -0.3 is 41.5 Å². The number of thiophene rings is 1. The van der Waals surface area contributed by atoms with Gasteiger partial charge in [-0.3, -0.25) is 28.8 Å². The highest BCUT2D eigenvalue weighted by molar-refractivity contribution is 7.09. The molecule has 0 unspecified atom stereocenters. The van der Waals surface area contributed by atoms with Crippen LogP contribution >= 0.6 is 11.3 Å². The molecule has 2 aliphatic heterocycles. The minimum absolute atomic E-state index is 0.00551. The average molecular weight is 832 g/mol. The third-order valence-electron chi connectivity index (χ3n) is 9.78. The molecule has 5 aromatic rings. The molecular weight excluding hydrogens is 787 g/mol. The molecule has 0 radical (unpaired) electrons. The topological polar surface area (TPSA) is 212 Å². The van der Waals surface area contributed by atoms with Crippen LogP contribution in [0.15, 0.2) is 121 Å². The maximum atomic E-state index is 14.5. The van der Waals surface area contributed by atoms with E-state index >= 15 is 0 Å². The Hall–Kier alpha value is -7.00. The Balaban J connectivity index is 1.35. The number of carboxylic acid groups (broad SMARTS) is 1. The van der Waals surface area contributed by atoms with Crippen LogP contribution in [-0.4, -0.2) is 83.0 Å². The number of hydrogen-bond acceptors (Lipinski definition) is 9. The highest BCUT2D eigenvalue weighted by Crippen LogP contribution is 2.21. The van der Waals surface area contributed by atoms with Crippen molar-refractivity contribution < 1.29 is 43.7 Å². The zero-order valence-corrected chi connectivity index (χ0v) is 33.3. The summed E-state index contributed by atoms with van der Waals surface area (Å²) in [7, 11) is 0. The van der Waals surface area contributed by atoms with Crippen molar-refractivity contribution in [1.82, 2.24) is 26.6 Å². The highest BCUT2D eigenvalue weighted by atomic mass is 32.1. The fourth-order valence-electron chi connectivity index (χ4n) is 6.61. The predicted molar refractivity (Wildman–Crippen MR) is 224 cm³/mol. The number of ether oxygens (including phenoxy) is 1. The number of nitrogens with one attached hydrogen (secondary N) is 5. The molecule has 1 aromatic heterocycles. The van der Waals surface area contributed by atoms with Gasteiger partial charge in [0.05, 0.1) is 6.42 Å². The zero-order valence-electron chi connectivity index (χ0n) is 32.5. The molecule has 14 nitrogen and oxygen atoms in total. The molecule has 5 amide bonds. The Morgan fingerprint density at radius 3 is 1.85 bits per heavy atom. The second-order valence-corrected chi connectivity index (χ2v) is 15.3. The van der Waals surface area contributed by atoms with Crippen molar-refractivity contribution in [1.29, 1.82) is 0 Å². The van der Waals surface area contributed by atoms with Crippen LogP contribution in [0, 0.1) is 0 Å². The first kappa shape index (κ1) is 42.6. The minimum Gasteiger partial charge on any atom is -0.508 e. The van der Waals surface area contributed by atoms with Crippen LogP contribution < -0.4 is 31.3 Å². The van der Waals surface area contributed by atoms with Gasteiger partial charge in [0.25, 0.3) is 5.91 Å². The first-order valence-electron chi connectivity index (χ1n) is 19.4. The Labute approximate surface area is 350 Å². The van der Waals surface area contributed by atoms with Crippen molar-refractivity contribution in [3.05, 3.63) is 142 Å². The van der Waals surface area contributed by atoms with Crippen LogP contribution in [0.5, 0.6) is 11.5 Å². The number of phenols is 1. The molecule has 3 heterocycles. The van der Waals surface area contributed by atoms with E-state index in [-0.39, 0.29) is 44.4 Å². The summed E-state index contributed by atoms with van der Waals surface area (Å²) in [5.74, 6) is -4.10. The second kappa shape index (κ2) is 20.6. The Bertz CT molecular complexity index is 2250. The molecule has 15 heteroatoms. The Morgan fingerprint density at radius 1 is 0.667 bits per heavy atom. The van der Waals surface area contributed by atoms with Crippen LogP contribution in [0.1, 0.15) is 28.0 Å². The molecule has 2 aliphatic rings. The standard InChI is InChI=1S/C45H45N5O9S/c51-33-16-10-29(11-17-33)25-38-43(56)48-36(42(55)46-21-20-41(53)54)23-30-12-18-34(19-13-30)59-27-40(52)47-39(26-35-7-4-22-60-35)45(58)50-37(44(57)49-38)24-28-8-14-32(15-9-28)31-5-2-1-3-6-31/h1-19,22,36-39,51H,20-21,23-27H2,(H,46,55)(H,47,52)(H,48,56)(H,49,57)(H,50,58)(H,53,54)/t36-,37+,38-,39-/m0/s1. The molecule has 0 aliphatic carbocycles. The van der Waals surface area contributed by atoms with Gasteiger partial charge in [-0.1, -0.05) is 84.9 Å². The van der Waals surface area contributed by atoms with Gasteiger partial charge in [-0.2, -0.15) is 0 Å². The summed E-state index contributed by atoms with van der Waals surface area (Å²) in [6, 6.07) is 28.6. The SMILES string of the molecule is O=C(O)CCNC(=O)[C@@H]1Cc2ccc(cc2)OCC(=O)N[C@@H](Cc2cccs2)C(=O)N[C@H](Cc2ccc(-c3ccccc3)cc2)C(=O)N[C@@H](Cc2ccc(O)cc2)C(=O)N1. The summed E-state index contributed by atoms with van der Waals surface area (Å²) in [5.41, 5.74) is 3.80. The summed E-state index contributed by atoms with van der Waals surface area (Å²) in [6.45, 7) is -0.612. The average Bonchev–Trinajstić information content (AvgIpc) is 3.76. The fourth-order valence-corrected chi connectivity index (χ4v) is 7.36. The van der Waals surface area contributed by atoms with E-state index in [4.69, 9.17) is 9.84 Å². The number of hydrogen-bond donors (Lipinski definition) is 7. The van der Waals surface area contributed by atoms with Crippen LogP contribution in [0.25, 0.3) is 11.1 Å².